The van der Waals surface area contributed by atoms with Crippen molar-refractivity contribution in [2.75, 3.05) is 19.8 Å². The Bertz CT molecular complexity index is 469. The molecule has 0 aliphatic rings. The first-order chi connectivity index (χ1) is 12.4. The first kappa shape index (κ1) is 25.9. The van der Waals surface area contributed by atoms with Gasteiger partial charge in [0.15, 0.2) is 0 Å². The molecule has 1 unspecified atom stereocenters. The van der Waals surface area contributed by atoms with Crippen LogP contribution in [0.3, 0.4) is 0 Å². The Morgan fingerprint density at radius 2 is 1.33 bits per heavy atom. The SMILES string of the molecule is CC(C)(C)OC(=O)CCCCO[PH](=O)OCCCCNC(=O)OC(C)(C)C. The molecule has 0 saturated heterocycles. The highest BCUT2D eigenvalue weighted by Crippen LogP contribution is 2.24. The number of carbonyl (C=O) groups is 2. The molecular formula is C18H36NO7P. The van der Waals surface area contributed by atoms with Crippen molar-refractivity contribution < 1.29 is 32.7 Å². The van der Waals surface area contributed by atoms with Crippen molar-refractivity contribution in [3.63, 3.8) is 0 Å². The fourth-order valence-corrected chi connectivity index (χ4v) is 2.55. The van der Waals surface area contributed by atoms with Gasteiger partial charge >= 0.3 is 20.3 Å². The molecule has 0 radical (unpaired) electrons. The van der Waals surface area contributed by atoms with Gasteiger partial charge in [0.1, 0.15) is 11.2 Å². The highest BCUT2D eigenvalue weighted by molar-refractivity contribution is 7.33. The van der Waals surface area contributed by atoms with Crippen molar-refractivity contribution in [2.24, 2.45) is 0 Å². The number of unbranched alkanes of at least 4 members (excludes halogenated alkanes) is 2. The van der Waals surface area contributed by atoms with Crippen molar-refractivity contribution in [3.8, 4) is 0 Å². The zero-order valence-corrected chi connectivity index (χ0v) is 18.5. The third-order valence-corrected chi connectivity index (χ3v) is 3.75. The van der Waals surface area contributed by atoms with Gasteiger partial charge in [0.25, 0.3) is 0 Å². The summed E-state index contributed by atoms with van der Waals surface area (Å²) in [6.07, 6.45) is 2.41. The molecule has 9 heteroatoms. The minimum atomic E-state index is -2.52. The van der Waals surface area contributed by atoms with Gasteiger partial charge in [-0.15, -0.1) is 0 Å². The highest BCUT2D eigenvalue weighted by Gasteiger charge is 2.16. The minimum absolute atomic E-state index is 0.244. The summed E-state index contributed by atoms with van der Waals surface area (Å²) < 4.78 is 32.1. The van der Waals surface area contributed by atoms with E-state index < -0.39 is 25.6 Å². The molecule has 27 heavy (non-hydrogen) atoms. The molecule has 0 aliphatic heterocycles. The van der Waals surface area contributed by atoms with Crippen LogP contribution in [-0.2, 0) is 27.9 Å². The highest BCUT2D eigenvalue weighted by atomic mass is 31.1. The van der Waals surface area contributed by atoms with Crippen LogP contribution in [0.5, 0.6) is 0 Å². The number of alkyl carbamates (subject to hydrolysis) is 1. The van der Waals surface area contributed by atoms with Crippen LogP contribution in [0.4, 0.5) is 4.79 Å². The van der Waals surface area contributed by atoms with Gasteiger partial charge in [-0.05, 0) is 67.2 Å². The van der Waals surface area contributed by atoms with Crippen LogP contribution in [0.2, 0.25) is 0 Å². The molecule has 0 aromatic heterocycles. The number of nitrogens with one attached hydrogen (secondary N) is 1. The summed E-state index contributed by atoms with van der Waals surface area (Å²) in [7, 11) is -2.52. The Morgan fingerprint density at radius 1 is 0.815 bits per heavy atom. The fraction of sp³-hybridized carbons (Fsp3) is 0.889. The molecule has 8 nitrogen and oxygen atoms in total. The molecule has 0 spiro atoms. The molecule has 0 bridgehead atoms. The Morgan fingerprint density at radius 3 is 1.85 bits per heavy atom. The van der Waals surface area contributed by atoms with E-state index in [9.17, 15) is 14.2 Å². The van der Waals surface area contributed by atoms with E-state index in [0.29, 0.717) is 45.3 Å². The smallest absolute Gasteiger partial charge is 0.407 e. The number of hydrogen-bond donors (Lipinski definition) is 1. The lowest BCUT2D eigenvalue weighted by molar-refractivity contribution is -0.154. The van der Waals surface area contributed by atoms with E-state index in [1.54, 1.807) is 20.8 Å². The first-order valence-corrected chi connectivity index (χ1v) is 10.6. The molecule has 0 heterocycles. The second kappa shape index (κ2) is 13.1. The summed E-state index contributed by atoms with van der Waals surface area (Å²) in [5.41, 5.74) is -0.994. The summed E-state index contributed by atoms with van der Waals surface area (Å²) in [6, 6.07) is 0. The summed E-state index contributed by atoms with van der Waals surface area (Å²) in [4.78, 5) is 22.9. The van der Waals surface area contributed by atoms with Crippen molar-refractivity contribution in [1.29, 1.82) is 0 Å². The first-order valence-electron chi connectivity index (χ1n) is 9.37. The van der Waals surface area contributed by atoms with Gasteiger partial charge in [-0.25, -0.2) is 4.79 Å². The molecule has 0 aliphatic carbocycles. The van der Waals surface area contributed by atoms with Crippen molar-refractivity contribution in [3.05, 3.63) is 0 Å². The predicted molar refractivity (Wildman–Crippen MR) is 104 cm³/mol. The lowest BCUT2D eigenvalue weighted by Crippen LogP contribution is -2.33. The number of amides is 1. The number of rotatable bonds is 12. The van der Waals surface area contributed by atoms with Gasteiger partial charge in [-0.2, -0.15) is 0 Å². The maximum Gasteiger partial charge on any atom is 0.407 e. The number of esters is 1. The Kier molecular flexibility index (Phi) is 12.6. The van der Waals surface area contributed by atoms with Gasteiger partial charge in [0.05, 0.1) is 13.2 Å². The lowest BCUT2D eigenvalue weighted by atomic mass is 10.2. The Balaban J connectivity index is 3.52. The molecule has 0 fully saturated rings. The van der Waals surface area contributed by atoms with E-state index >= 15 is 0 Å². The lowest BCUT2D eigenvalue weighted by Gasteiger charge is -2.19. The van der Waals surface area contributed by atoms with E-state index in [2.05, 4.69) is 5.32 Å². The minimum Gasteiger partial charge on any atom is -0.460 e. The second-order valence-electron chi connectivity index (χ2n) is 8.13. The van der Waals surface area contributed by atoms with Crippen LogP contribution in [0.15, 0.2) is 0 Å². The van der Waals surface area contributed by atoms with Gasteiger partial charge in [0.2, 0.25) is 0 Å². The summed E-state index contributed by atoms with van der Waals surface area (Å²) in [5, 5.41) is 2.64. The van der Waals surface area contributed by atoms with Crippen LogP contribution < -0.4 is 5.32 Å². The van der Waals surface area contributed by atoms with Crippen molar-refractivity contribution in [2.45, 2.75) is 84.8 Å². The molecule has 1 amide bonds. The summed E-state index contributed by atoms with van der Waals surface area (Å²) in [6.45, 7) is 11.9. The average Bonchev–Trinajstić information content (AvgIpc) is 2.46. The number of ether oxygens (including phenoxy) is 2. The maximum absolute atomic E-state index is 11.6. The van der Waals surface area contributed by atoms with Crippen LogP contribution in [-0.4, -0.2) is 43.0 Å². The van der Waals surface area contributed by atoms with E-state index in [4.69, 9.17) is 18.5 Å². The Labute approximate surface area is 163 Å². The van der Waals surface area contributed by atoms with E-state index in [1.165, 1.54) is 0 Å². The molecule has 1 atom stereocenters. The molecule has 0 saturated carbocycles. The van der Waals surface area contributed by atoms with Crippen molar-refractivity contribution in [1.82, 2.24) is 5.32 Å². The van der Waals surface area contributed by atoms with Gasteiger partial charge < -0.3 is 23.8 Å². The van der Waals surface area contributed by atoms with Crippen LogP contribution in [0.25, 0.3) is 0 Å². The zero-order chi connectivity index (χ0) is 20.9. The third kappa shape index (κ3) is 19.5. The number of carbonyl (C=O) groups excluding carboxylic acids is 2. The molecule has 0 rings (SSSR count). The van der Waals surface area contributed by atoms with Crippen LogP contribution in [0.1, 0.15) is 73.6 Å². The number of hydrogen-bond acceptors (Lipinski definition) is 7. The fourth-order valence-electron chi connectivity index (χ4n) is 1.85. The third-order valence-electron chi connectivity index (χ3n) is 2.87. The van der Waals surface area contributed by atoms with Gasteiger partial charge in [0, 0.05) is 13.0 Å². The van der Waals surface area contributed by atoms with E-state index in [-0.39, 0.29) is 12.6 Å². The molecular weight excluding hydrogens is 373 g/mol. The molecule has 0 aromatic carbocycles. The van der Waals surface area contributed by atoms with Crippen LogP contribution in [0, 0.1) is 0 Å². The second-order valence-corrected chi connectivity index (χ2v) is 9.20. The van der Waals surface area contributed by atoms with Crippen molar-refractivity contribution >= 4 is 20.3 Å². The van der Waals surface area contributed by atoms with Crippen LogP contribution >= 0.6 is 8.25 Å². The van der Waals surface area contributed by atoms with Gasteiger partial charge in [-0.3, -0.25) is 9.36 Å². The van der Waals surface area contributed by atoms with Gasteiger partial charge in [-0.1, -0.05) is 0 Å². The largest absolute Gasteiger partial charge is 0.460 e. The zero-order valence-electron chi connectivity index (χ0n) is 17.5. The molecule has 160 valence electrons. The molecule has 1 N–H and O–H groups in total. The quantitative estimate of drug-likeness (QED) is 0.292. The summed E-state index contributed by atoms with van der Waals surface area (Å²) >= 11 is 0. The monoisotopic (exact) mass is 409 g/mol. The van der Waals surface area contributed by atoms with E-state index in [0.717, 1.165) is 0 Å². The topological polar surface area (TPSA) is 100 Å². The Hall–Kier alpha value is -1.11. The normalized spacial score (nSPS) is 13.1. The predicted octanol–water partition coefficient (Wildman–Crippen LogP) is 4.23. The maximum atomic E-state index is 11.6. The van der Waals surface area contributed by atoms with E-state index in [1.807, 2.05) is 20.8 Å². The average molecular weight is 409 g/mol. The molecule has 0 aromatic rings. The summed E-state index contributed by atoms with van der Waals surface area (Å²) in [5.74, 6) is -0.244. The standard InChI is InChI=1S/C18H36NO7P/c1-17(2,3)25-15(20)11-7-9-13-23-27(22)24-14-10-8-12-19-16(21)26-18(4,5)6/h27H,7-14H2,1-6H3,(H,19,21).